The molecule has 0 radical (unpaired) electrons. The maximum Gasteiger partial charge on any atom is 0.414 e. The predicted octanol–water partition coefficient (Wildman–Crippen LogP) is 1.51. The number of hydrogen-bond donors (Lipinski definition) is 2. The molecule has 3 heterocycles. The summed E-state index contributed by atoms with van der Waals surface area (Å²) >= 11 is 0. The van der Waals surface area contributed by atoms with Gasteiger partial charge in [-0.25, -0.2) is 18.4 Å². The van der Waals surface area contributed by atoms with E-state index in [0.29, 0.717) is 0 Å². The fourth-order valence-corrected chi connectivity index (χ4v) is 4.26. The Morgan fingerprint density at radius 2 is 1.82 bits per heavy atom. The second-order valence-corrected chi connectivity index (χ2v) is 8.74. The molecule has 14 heteroatoms. The summed E-state index contributed by atoms with van der Waals surface area (Å²) in [5.74, 6) is -2.54. The van der Waals surface area contributed by atoms with Gasteiger partial charge >= 0.3 is 12.2 Å². The fourth-order valence-electron chi connectivity index (χ4n) is 4.26. The fraction of sp³-hybridized carbons (Fsp3) is 0.400. The number of ether oxygens (including phenoxy) is 2. The number of pyridine rings is 1. The third-order valence-corrected chi connectivity index (χ3v) is 6.18. The van der Waals surface area contributed by atoms with Gasteiger partial charge in [-0.3, -0.25) is 19.5 Å². The highest BCUT2D eigenvalue weighted by Crippen LogP contribution is 2.31. The first-order valence-electron chi connectivity index (χ1n) is 12.4. The summed E-state index contributed by atoms with van der Waals surface area (Å²) in [6.45, 7) is 2.32. The van der Waals surface area contributed by atoms with Crippen LogP contribution in [-0.4, -0.2) is 92.4 Å². The number of anilines is 2. The molecule has 0 bridgehead atoms. The quantitative estimate of drug-likeness (QED) is 0.509. The van der Waals surface area contributed by atoms with Crippen LogP contribution in [0.2, 0.25) is 0 Å². The Labute approximate surface area is 222 Å². The molecule has 208 valence electrons. The van der Waals surface area contributed by atoms with E-state index in [-0.39, 0.29) is 75.4 Å². The van der Waals surface area contributed by atoms with Crippen LogP contribution in [-0.2, 0) is 14.3 Å². The van der Waals surface area contributed by atoms with Crippen molar-refractivity contribution in [2.24, 2.45) is 0 Å². The lowest BCUT2D eigenvalue weighted by Crippen LogP contribution is -2.51. The Balaban J connectivity index is 1.31. The molecule has 0 aliphatic carbocycles. The molecule has 2 saturated heterocycles. The van der Waals surface area contributed by atoms with Crippen LogP contribution in [0.3, 0.4) is 0 Å². The SMILES string of the molecule is CCOC(=O)NC[C@H]1CN(c2cc(F)c(N3CCN(C(=O)CNC(=O)c4ccccn4)CC3)c(F)c2)C(=O)O1. The minimum Gasteiger partial charge on any atom is -0.450 e. The minimum atomic E-state index is -0.867. The molecule has 1 aromatic heterocycles. The smallest absolute Gasteiger partial charge is 0.414 e. The number of cyclic esters (lactones) is 1. The van der Waals surface area contributed by atoms with Gasteiger partial charge in [-0.05, 0) is 19.1 Å². The van der Waals surface area contributed by atoms with Crippen molar-refractivity contribution < 1.29 is 37.4 Å². The summed E-state index contributed by atoms with van der Waals surface area (Å²) in [4.78, 5) is 56.3. The molecule has 39 heavy (non-hydrogen) atoms. The molecule has 12 nitrogen and oxygen atoms in total. The molecular formula is C25H28F2N6O6. The number of amides is 4. The van der Waals surface area contributed by atoms with Crippen molar-refractivity contribution in [1.82, 2.24) is 20.5 Å². The van der Waals surface area contributed by atoms with Gasteiger partial charge in [0.1, 0.15) is 17.5 Å². The number of aromatic nitrogens is 1. The number of carbonyl (C=O) groups excluding carboxylic acids is 4. The van der Waals surface area contributed by atoms with Gasteiger partial charge in [0.2, 0.25) is 5.91 Å². The topological polar surface area (TPSA) is 133 Å². The van der Waals surface area contributed by atoms with Crippen LogP contribution in [0, 0.1) is 11.6 Å². The van der Waals surface area contributed by atoms with Crippen molar-refractivity contribution in [3.05, 3.63) is 53.9 Å². The summed E-state index contributed by atoms with van der Waals surface area (Å²) < 4.78 is 40.1. The van der Waals surface area contributed by atoms with E-state index in [1.54, 1.807) is 19.1 Å². The van der Waals surface area contributed by atoms with E-state index in [1.165, 1.54) is 22.1 Å². The first-order valence-corrected chi connectivity index (χ1v) is 12.4. The highest BCUT2D eigenvalue weighted by molar-refractivity contribution is 5.94. The van der Waals surface area contributed by atoms with Crippen molar-refractivity contribution in [3.63, 3.8) is 0 Å². The third-order valence-electron chi connectivity index (χ3n) is 6.18. The molecule has 0 unspecified atom stereocenters. The highest BCUT2D eigenvalue weighted by Gasteiger charge is 2.34. The van der Waals surface area contributed by atoms with Gasteiger partial charge in [0.15, 0.2) is 11.6 Å². The van der Waals surface area contributed by atoms with Gasteiger partial charge in [-0.1, -0.05) is 6.07 Å². The second-order valence-electron chi connectivity index (χ2n) is 8.74. The monoisotopic (exact) mass is 546 g/mol. The van der Waals surface area contributed by atoms with Crippen molar-refractivity contribution >= 4 is 35.4 Å². The Bertz CT molecular complexity index is 1200. The molecule has 1 atom stereocenters. The second kappa shape index (κ2) is 12.4. The number of rotatable bonds is 8. The lowest BCUT2D eigenvalue weighted by molar-refractivity contribution is -0.130. The molecule has 4 amide bonds. The number of nitrogens with one attached hydrogen (secondary N) is 2. The number of carbonyl (C=O) groups is 4. The standard InChI is InChI=1S/C25H28F2N6O6/c1-2-38-24(36)30-13-17-15-33(25(37)39-17)16-11-18(26)22(19(27)12-16)32-9-7-31(8-10-32)21(34)14-29-23(35)20-5-3-4-6-28-20/h3-6,11-12,17H,2,7-10,13-15H2,1H3,(H,29,35)(H,30,36)/t17-/m0/s1. The van der Waals surface area contributed by atoms with Crippen LogP contribution < -0.4 is 20.4 Å². The number of halogens is 2. The summed E-state index contributed by atoms with van der Waals surface area (Å²) in [7, 11) is 0. The third kappa shape index (κ3) is 6.69. The van der Waals surface area contributed by atoms with Crippen molar-refractivity contribution in [2.75, 3.05) is 62.2 Å². The number of benzene rings is 1. The Hall–Kier alpha value is -4.49. The Morgan fingerprint density at radius 3 is 2.46 bits per heavy atom. The van der Waals surface area contributed by atoms with Gasteiger partial charge in [0.05, 0.1) is 31.9 Å². The van der Waals surface area contributed by atoms with Crippen molar-refractivity contribution in [2.45, 2.75) is 13.0 Å². The zero-order valence-corrected chi connectivity index (χ0v) is 21.2. The largest absolute Gasteiger partial charge is 0.450 e. The number of nitrogens with zero attached hydrogens (tertiary/aromatic N) is 4. The molecule has 2 N–H and O–H groups in total. The van der Waals surface area contributed by atoms with Gasteiger partial charge in [0, 0.05) is 44.5 Å². The summed E-state index contributed by atoms with van der Waals surface area (Å²) in [6, 6.07) is 6.95. The van der Waals surface area contributed by atoms with E-state index in [1.807, 2.05) is 0 Å². The molecule has 4 rings (SSSR count). The average molecular weight is 547 g/mol. The predicted molar refractivity (Wildman–Crippen MR) is 134 cm³/mol. The van der Waals surface area contributed by atoms with Crippen LogP contribution in [0.1, 0.15) is 17.4 Å². The molecule has 2 aromatic rings. The van der Waals surface area contributed by atoms with E-state index < -0.39 is 35.8 Å². The van der Waals surface area contributed by atoms with Crippen LogP contribution in [0.25, 0.3) is 0 Å². The summed E-state index contributed by atoms with van der Waals surface area (Å²) in [6.07, 6.45) is -0.698. The molecule has 1 aromatic carbocycles. The summed E-state index contributed by atoms with van der Waals surface area (Å²) in [5.41, 5.74) is -0.0900. The number of hydrogen-bond acceptors (Lipinski definition) is 8. The number of alkyl carbamates (subject to hydrolysis) is 1. The van der Waals surface area contributed by atoms with Crippen LogP contribution in [0.15, 0.2) is 36.5 Å². The Kier molecular flexibility index (Phi) is 8.74. The first kappa shape index (κ1) is 27.5. The maximum atomic E-state index is 15.1. The lowest BCUT2D eigenvalue weighted by Gasteiger charge is -2.36. The number of piperazine rings is 1. The normalized spacial score (nSPS) is 17.1. The molecule has 2 aliphatic rings. The zero-order chi connectivity index (χ0) is 27.9. The molecule has 2 fully saturated rings. The van der Waals surface area contributed by atoms with E-state index in [4.69, 9.17) is 9.47 Å². The van der Waals surface area contributed by atoms with E-state index in [0.717, 1.165) is 17.0 Å². The van der Waals surface area contributed by atoms with Gasteiger partial charge in [-0.15, -0.1) is 0 Å². The molecular weight excluding hydrogens is 518 g/mol. The van der Waals surface area contributed by atoms with Crippen molar-refractivity contribution in [3.8, 4) is 0 Å². The van der Waals surface area contributed by atoms with Crippen molar-refractivity contribution in [1.29, 1.82) is 0 Å². The van der Waals surface area contributed by atoms with E-state index in [2.05, 4.69) is 15.6 Å². The van der Waals surface area contributed by atoms with Gasteiger partial charge in [0.25, 0.3) is 5.91 Å². The molecule has 0 spiro atoms. The van der Waals surface area contributed by atoms with Crippen LogP contribution >= 0.6 is 0 Å². The maximum absolute atomic E-state index is 15.1. The van der Waals surface area contributed by atoms with E-state index in [9.17, 15) is 19.2 Å². The van der Waals surface area contributed by atoms with E-state index >= 15 is 8.78 Å². The summed E-state index contributed by atoms with van der Waals surface area (Å²) in [5, 5.41) is 4.97. The Morgan fingerprint density at radius 1 is 1.10 bits per heavy atom. The van der Waals surface area contributed by atoms with Gasteiger partial charge in [-0.2, -0.15) is 0 Å². The highest BCUT2D eigenvalue weighted by atomic mass is 19.1. The van der Waals surface area contributed by atoms with Crippen LogP contribution in [0.4, 0.5) is 29.7 Å². The average Bonchev–Trinajstić information content (AvgIpc) is 3.31. The molecule has 2 aliphatic heterocycles. The first-order chi connectivity index (χ1) is 18.8. The lowest BCUT2D eigenvalue weighted by atomic mass is 10.2. The zero-order valence-electron chi connectivity index (χ0n) is 21.2. The minimum absolute atomic E-state index is 0.0128. The van der Waals surface area contributed by atoms with Gasteiger partial charge < -0.3 is 29.9 Å². The molecule has 0 saturated carbocycles. The van der Waals surface area contributed by atoms with Crippen LogP contribution in [0.5, 0.6) is 0 Å².